The summed E-state index contributed by atoms with van der Waals surface area (Å²) in [6.07, 6.45) is 17.7. The second-order valence-corrected chi connectivity index (χ2v) is 12.2. The van der Waals surface area contributed by atoms with Crippen molar-refractivity contribution < 1.29 is 38.0 Å². The largest absolute Gasteiger partial charge is 0.469 e. The van der Waals surface area contributed by atoms with Crippen LogP contribution < -0.4 is 0 Å². The summed E-state index contributed by atoms with van der Waals surface area (Å²) in [5, 5.41) is 0. The third-order valence-electron chi connectivity index (χ3n) is 9.09. The highest BCUT2D eigenvalue weighted by atomic mass is 16.7. The molecule has 41 heavy (non-hydrogen) atoms. The Morgan fingerprint density at radius 1 is 1.00 bits per heavy atom. The molecule has 0 bridgehead atoms. The fourth-order valence-electron chi connectivity index (χ4n) is 6.30. The highest BCUT2D eigenvalue weighted by molar-refractivity contribution is 5.84. The van der Waals surface area contributed by atoms with E-state index in [2.05, 4.69) is 26.0 Å². The van der Waals surface area contributed by atoms with Crippen LogP contribution in [0, 0.1) is 11.8 Å². The average Bonchev–Trinajstić information content (AvgIpc) is 3.29. The maximum atomic E-state index is 13.3. The molecule has 2 saturated heterocycles. The Morgan fingerprint density at radius 3 is 2.34 bits per heavy atom. The predicted molar refractivity (Wildman–Crippen MR) is 157 cm³/mol. The Labute approximate surface area is 248 Å². The van der Waals surface area contributed by atoms with Crippen LogP contribution in [0.2, 0.25) is 0 Å². The van der Waals surface area contributed by atoms with E-state index in [1.54, 1.807) is 7.11 Å². The highest BCUT2D eigenvalue weighted by Gasteiger charge is 2.43. The normalized spacial score (nSPS) is 29.5. The summed E-state index contributed by atoms with van der Waals surface area (Å²) in [5.41, 5.74) is -0.506. The maximum absolute atomic E-state index is 13.3. The quantitative estimate of drug-likeness (QED) is 0.101. The summed E-state index contributed by atoms with van der Waals surface area (Å²) in [6.45, 7) is 5.74. The lowest BCUT2D eigenvalue weighted by atomic mass is 9.86. The summed E-state index contributed by atoms with van der Waals surface area (Å²) in [6, 6.07) is 0. The van der Waals surface area contributed by atoms with Gasteiger partial charge in [-0.15, -0.1) is 0 Å². The summed E-state index contributed by atoms with van der Waals surface area (Å²) in [5.74, 6) is -0.0442. The van der Waals surface area contributed by atoms with Gasteiger partial charge in [0.2, 0.25) is 0 Å². The lowest BCUT2D eigenvalue weighted by Gasteiger charge is -2.38. The molecule has 2 heterocycles. The first-order chi connectivity index (χ1) is 19.9. The second kappa shape index (κ2) is 18.4. The van der Waals surface area contributed by atoms with Crippen LogP contribution in [0.1, 0.15) is 117 Å². The predicted octanol–water partition coefficient (Wildman–Crippen LogP) is 6.68. The standard InChI is InChI=1S/C33H56O8/c1-5-6-21-33(2,37-4)29(41-32-18-12-14-23-39-32)20-19-26-25(15-9-7-8-10-16-30(35)36-3)27(34)24-28(26)40-31-17-11-13-22-38-31/h19-20,25-26,28-29,31-32H,5-18,21-24H2,1-4H3/b20-19+/t25-,26-,28-,29?,31?,32?,33?/m1/s1. The van der Waals surface area contributed by atoms with Gasteiger partial charge in [0, 0.05) is 45.0 Å². The number of ketones is 1. The SMILES string of the molecule is CCCCC(C)(OC)C(/C=C/[C@H]1[C@H](OC2CCCCO2)CC(=O)[C@@H]1CCCCCCC(=O)OC)OC1CCCCO1. The van der Waals surface area contributed by atoms with E-state index in [1.807, 2.05) is 0 Å². The third kappa shape index (κ3) is 11.0. The van der Waals surface area contributed by atoms with Crippen molar-refractivity contribution in [1.29, 1.82) is 0 Å². The van der Waals surface area contributed by atoms with Gasteiger partial charge < -0.3 is 28.4 Å². The van der Waals surface area contributed by atoms with Gasteiger partial charge >= 0.3 is 5.97 Å². The molecule has 2 aliphatic heterocycles. The van der Waals surface area contributed by atoms with Crippen LogP contribution in [0.5, 0.6) is 0 Å². The van der Waals surface area contributed by atoms with Crippen molar-refractivity contribution in [3.8, 4) is 0 Å². The monoisotopic (exact) mass is 580 g/mol. The Kier molecular flexibility index (Phi) is 15.3. The van der Waals surface area contributed by atoms with Gasteiger partial charge in [0.1, 0.15) is 11.9 Å². The van der Waals surface area contributed by atoms with Gasteiger partial charge in [0.15, 0.2) is 12.6 Å². The van der Waals surface area contributed by atoms with Crippen molar-refractivity contribution in [3.05, 3.63) is 12.2 Å². The minimum Gasteiger partial charge on any atom is -0.469 e. The molecule has 0 amide bonds. The molecule has 8 nitrogen and oxygen atoms in total. The van der Waals surface area contributed by atoms with Crippen LogP contribution in [0.25, 0.3) is 0 Å². The van der Waals surface area contributed by atoms with E-state index in [1.165, 1.54) is 7.11 Å². The summed E-state index contributed by atoms with van der Waals surface area (Å²) in [4.78, 5) is 24.8. The van der Waals surface area contributed by atoms with Gasteiger partial charge in [0.05, 0.1) is 18.8 Å². The van der Waals surface area contributed by atoms with E-state index in [0.717, 1.165) is 96.5 Å². The first kappa shape index (κ1) is 34.2. The van der Waals surface area contributed by atoms with E-state index in [-0.39, 0.29) is 48.4 Å². The molecule has 7 atom stereocenters. The minimum absolute atomic E-state index is 0.0475. The molecule has 3 aliphatic rings. The van der Waals surface area contributed by atoms with Gasteiger partial charge in [-0.25, -0.2) is 0 Å². The van der Waals surface area contributed by atoms with Crippen LogP contribution in [0.15, 0.2) is 12.2 Å². The van der Waals surface area contributed by atoms with Crippen molar-refractivity contribution in [2.45, 2.75) is 147 Å². The van der Waals surface area contributed by atoms with Crippen molar-refractivity contribution in [2.75, 3.05) is 27.4 Å². The maximum Gasteiger partial charge on any atom is 0.305 e. The van der Waals surface area contributed by atoms with Crippen molar-refractivity contribution >= 4 is 11.8 Å². The topological polar surface area (TPSA) is 89.5 Å². The van der Waals surface area contributed by atoms with Crippen LogP contribution in [-0.2, 0) is 38.0 Å². The number of carbonyl (C=O) groups excluding carboxylic acids is 2. The zero-order valence-electron chi connectivity index (χ0n) is 26.1. The van der Waals surface area contributed by atoms with Crippen molar-refractivity contribution in [2.24, 2.45) is 11.8 Å². The van der Waals surface area contributed by atoms with E-state index in [4.69, 9.17) is 28.4 Å². The smallest absolute Gasteiger partial charge is 0.305 e. The Balaban J connectivity index is 1.74. The number of methoxy groups -OCH3 is 2. The van der Waals surface area contributed by atoms with Gasteiger partial charge in [-0.3, -0.25) is 9.59 Å². The average molecular weight is 581 g/mol. The number of esters is 1. The minimum atomic E-state index is -0.506. The second-order valence-electron chi connectivity index (χ2n) is 12.2. The first-order valence-corrected chi connectivity index (χ1v) is 16.3. The number of Topliss-reactive ketones (excluding diaryl/α,β-unsaturated/α-hetero) is 1. The molecule has 236 valence electrons. The van der Waals surface area contributed by atoms with E-state index < -0.39 is 5.60 Å². The molecular weight excluding hydrogens is 524 g/mol. The van der Waals surface area contributed by atoms with Crippen molar-refractivity contribution in [3.63, 3.8) is 0 Å². The first-order valence-electron chi connectivity index (χ1n) is 16.3. The van der Waals surface area contributed by atoms with Gasteiger partial charge in [-0.05, 0) is 64.7 Å². The zero-order chi connectivity index (χ0) is 29.5. The van der Waals surface area contributed by atoms with Gasteiger partial charge in [0.25, 0.3) is 0 Å². The fraction of sp³-hybridized carbons (Fsp3) is 0.879. The summed E-state index contributed by atoms with van der Waals surface area (Å²) < 4.78 is 35.7. The molecule has 1 saturated carbocycles. The van der Waals surface area contributed by atoms with E-state index in [9.17, 15) is 9.59 Å². The number of rotatable bonds is 18. The molecule has 0 radical (unpaired) electrons. The van der Waals surface area contributed by atoms with Gasteiger partial charge in [-0.1, -0.05) is 51.2 Å². The van der Waals surface area contributed by atoms with Crippen LogP contribution in [0.3, 0.4) is 0 Å². The fourth-order valence-corrected chi connectivity index (χ4v) is 6.30. The van der Waals surface area contributed by atoms with Crippen LogP contribution >= 0.6 is 0 Å². The number of ether oxygens (including phenoxy) is 6. The van der Waals surface area contributed by atoms with E-state index >= 15 is 0 Å². The van der Waals surface area contributed by atoms with Crippen molar-refractivity contribution in [1.82, 2.24) is 0 Å². The lowest BCUT2D eigenvalue weighted by molar-refractivity contribution is -0.218. The summed E-state index contributed by atoms with van der Waals surface area (Å²) in [7, 11) is 3.19. The molecular formula is C33H56O8. The highest BCUT2D eigenvalue weighted by Crippen LogP contribution is 2.39. The molecule has 4 unspecified atom stereocenters. The molecule has 0 N–H and O–H groups in total. The molecule has 0 aromatic heterocycles. The molecule has 0 aromatic carbocycles. The Morgan fingerprint density at radius 2 is 1.71 bits per heavy atom. The number of carbonyl (C=O) groups is 2. The number of hydrogen-bond acceptors (Lipinski definition) is 8. The molecule has 8 heteroatoms. The van der Waals surface area contributed by atoms with E-state index in [0.29, 0.717) is 19.4 Å². The Hall–Kier alpha value is -1.32. The van der Waals surface area contributed by atoms with Crippen LogP contribution in [-0.4, -0.2) is 69.6 Å². The molecule has 0 aromatic rings. The number of hydrogen-bond donors (Lipinski definition) is 0. The van der Waals surface area contributed by atoms with Gasteiger partial charge in [-0.2, -0.15) is 0 Å². The lowest BCUT2D eigenvalue weighted by Crippen LogP contribution is -2.45. The molecule has 3 rings (SSSR count). The van der Waals surface area contributed by atoms with Crippen LogP contribution in [0.4, 0.5) is 0 Å². The summed E-state index contributed by atoms with van der Waals surface area (Å²) >= 11 is 0. The third-order valence-corrected chi connectivity index (χ3v) is 9.09. The molecule has 1 aliphatic carbocycles. The zero-order valence-corrected chi connectivity index (χ0v) is 26.1. The molecule has 3 fully saturated rings. The number of unbranched alkanes of at least 4 members (excludes halogenated alkanes) is 4. The molecule has 0 spiro atoms. The Bertz CT molecular complexity index is 788.